The van der Waals surface area contributed by atoms with E-state index in [4.69, 9.17) is 0 Å². The second kappa shape index (κ2) is 5.19. The van der Waals surface area contributed by atoms with E-state index in [0.717, 1.165) is 3.79 Å². The Hall–Kier alpha value is -1.54. The van der Waals surface area contributed by atoms with Gasteiger partial charge in [0.2, 0.25) is 0 Å². The first-order chi connectivity index (χ1) is 8.19. The van der Waals surface area contributed by atoms with Crippen molar-refractivity contribution in [3.05, 3.63) is 27.8 Å². The Morgan fingerprint density at radius 2 is 2.24 bits per heavy atom. The summed E-state index contributed by atoms with van der Waals surface area (Å²) in [6.45, 7) is 0. The summed E-state index contributed by atoms with van der Waals surface area (Å²) in [6, 6.07) is 3.27. The Kier molecular flexibility index (Phi) is 3.64. The molecule has 2 rings (SSSR count). The quantitative estimate of drug-likeness (QED) is 0.906. The fourth-order valence-corrected chi connectivity index (χ4v) is 2.16. The van der Waals surface area contributed by atoms with Crippen molar-refractivity contribution in [2.45, 2.75) is 0 Å². The van der Waals surface area contributed by atoms with Gasteiger partial charge in [0, 0.05) is 7.05 Å². The number of thiazole rings is 1. The molecule has 8 heteroatoms. The second-order valence-electron chi connectivity index (χ2n) is 2.98. The maximum absolute atomic E-state index is 11.7. The summed E-state index contributed by atoms with van der Waals surface area (Å²) in [6.07, 6.45) is 1.62. The van der Waals surface area contributed by atoms with Crippen LogP contribution in [0.5, 0.6) is 0 Å². The molecule has 17 heavy (non-hydrogen) atoms. The van der Waals surface area contributed by atoms with Gasteiger partial charge in [-0.25, -0.2) is 4.98 Å². The monoisotopic (exact) mass is 313 g/mol. The predicted octanol–water partition coefficient (Wildman–Crippen LogP) is 1.99. The fourth-order valence-electron chi connectivity index (χ4n) is 1.06. The van der Waals surface area contributed by atoms with E-state index in [-0.39, 0.29) is 11.6 Å². The first-order valence-electron chi connectivity index (χ1n) is 4.63. The van der Waals surface area contributed by atoms with Gasteiger partial charge in [0.25, 0.3) is 5.91 Å². The number of hydrogen-bond acceptors (Lipinski definition) is 6. The lowest BCUT2D eigenvalue weighted by atomic mass is 10.3. The summed E-state index contributed by atoms with van der Waals surface area (Å²) in [5, 5.41) is 13.6. The summed E-state index contributed by atoms with van der Waals surface area (Å²) in [7, 11) is 1.73. The lowest BCUT2D eigenvalue weighted by Gasteiger charge is -2.01. The third-order valence-electron chi connectivity index (χ3n) is 1.85. The highest BCUT2D eigenvalue weighted by Crippen LogP contribution is 2.23. The molecule has 0 bridgehead atoms. The van der Waals surface area contributed by atoms with Crippen LogP contribution in [0.1, 0.15) is 10.5 Å². The van der Waals surface area contributed by atoms with Gasteiger partial charge in [-0.05, 0) is 28.1 Å². The molecule has 2 N–H and O–H groups in total. The Labute approximate surface area is 110 Å². The van der Waals surface area contributed by atoms with Crippen molar-refractivity contribution in [3.63, 3.8) is 0 Å². The van der Waals surface area contributed by atoms with Crippen LogP contribution in [-0.4, -0.2) is 28.1 Å². The number of amides is 1. The molecular weight excluding hydrogens is 306 g/mol. The lowest BCUT2D eigenvalue weighted by Crippen LogP contribution is -2.14. The van der Waals surface area contributed by atoms with Crippen LogP contribution >= 0.6 is 27.3 Å². The average molecular weight is 314 g/mol. The topological polar surface area (TPSA) is 79.8 Å². The molecule has 2 aromatic heterocycles. The molecule has 0 saturated carbocycles. The normalized spacial score (nSPS) is 10.0. The van der Waals surface area contributed by atoms with Crippen LogP contribution in [0.15, 0.2) is 22.1 Å². The predicted molar refractivity (Wildman–Crippen MR) is 69.3 cm³/mol. The maximum Gasteiger partial charge on any atom is 0.277 e. The second-order valence-corrected chi connectivity index (χ2v) is 5.39. The Bertz CT molecular complexity index is 526. The molecule has 2 heterocycles. The van der Waals surface area contributed by atoms with E-state index in [2.05, 4.69) is 41.7 Å². The number of nitrogens with zero attached hydrogens (tertiary/aromatic N) is 3. The van der Waals surface area contributed by atoms with E-state index in [9.17, 15) is 4.79 Å². The van der Waals surface area contributed by atoms with Crippen LogP contribution in [-0.2, 0) is 0 Å². The Morgan fingerprint density at radius 1 is 1.41 bits per heavy atom. The standard InChI is InChI=1S/C9H8BrN5OS/c1-11-7-3-2-5(14-15-7)8(16)13-9-12-4-6(10)17-9/h2-4H,1H3,(H,11,15)(H,12,13,16). The fraction of sp³-hybridized carbons (Fsp3) is 0.111. The van der Waals surface area contributed by atoms with Crippen LogP contribution in [0.4, 0.5) is 10.9 Å². The third kappa shape index (κ3) is 2.98. The zero-order valence-electron chi connectivity index (χ0n) is 8.77. The molecule has 0 spiro atoms. The van der Waals surface area contributed by atoms with E-state index in [0.29, 0.717) is 10.9 Å². The van der Waals surface area contributed by atoms with E-state index in [1.54, 1.807) is 25.4 Å². The highest BCUT2D eigenvalue weighted by Gasteiger charge is 2.10. The molecule has 0 radical (unpaired) electrons. The minimum absolute atomic E-state index is 0.246. The molecule has 0 atom stereocenters. The number of anilines is 2. The molecule has 88 valence electrons. The summed E-state index contributed by atoms with van der Waals surface area (Å²) in [4.78, 5) is 15.7. The molecule has 0 aromatic carbocycles. The highest BCUT2D eigenvalue weighted by atomic mass is 79.9. The molecule has 1 amide bonds. The summed E-state index contributed by atoms with van der Waals surface area (Å²) in [5.74, 6) is 0.278. The summed E-state index contributed by atoms with van der Waals surface area (Å²) < 4.78 is 0.851. The zero-order valence-corrected chi connectivity index (χ0v) is 11.2. The van der Waals surface area contributed by atoms with E-state index < -0.39 is 0 Å². The van der Waals surface area contributed by atoms with E-state index in [1.165, 1.54) is 11.3 Å². The van der Waals surface area contributed by atoms with Crippen LogP contribution in [0.2, 0.25) is 0 Å². The number of hydrogen-bond donors (Lipinski definition) is 2. The molecule has 0 aliphatic rings. The van der Waals surface area contributed by atoms with E-state index >= 15 is 0 Å². The smallest absolute Gasteiger partial charge is 0.277 e. The number of carbonyl (C=O) groups is 1. The van der Waals surface area contributed by atoms with Gasteiger partial charge in [-0.3, -0.25) is 10.1 Å². The first-order valence-corrected chi connectivity index (χ1v) is 6.24. The first kappa shape index (κ1) is 11.9. The average Bonchev–Trinajstić information content (AvgIpc) is 2.75. The lowest BCUT2D eigenvalue weighted by molar-refractivity contribution is 0.102. The van der Waals surface area contributed by atoms with Crippen LogP contribution in [0.3, 0.4) is 0 Å². The van der Waals surface area contributed by atoms with Gasteiger partial charge in [0.05, 0.1) is 9.98 Å². The van der Waals surface area contributed by atoms with Crippen molar-refractivity contribution in [3.8, 4) is 0 Å². The van der Waals surface area contributed by atoms with Gasteiger partial charge in [0.15, 0.2) is 10.8 Å². The Morgan fingerprint density at radius 3 is 2.76 bits per heavy atom. The molecule has 0 aliphatic carbocycles. The van der Waals surface area contributed by atoms with Gasteiger partial charge in [-0.1, -0.05) is 11.3 Å². The highest BCUT2D eigenvalue weighted by molar-refractivity contribution is 9.11. The van der Waals surface area contributed by atoms with Crippen molar-refractivity contribution < 1.29 is 4.79 Å². The summed E-state index contributed by atoms with van der Waals surface area (Å²) >= 11 is 4.60. The molecule has 0 saturated heterocycles. The minimum Gasteiger partial charge on any atom is -0.372 e. The number of aromatic nitrogens is 3. The van der Waals surface area contributed by atoms with Gasteiger partial charge >= 0.3 is 0 Å². The number of rotatable bonds is 3. The summed E-state index contributed by atoms with van der Waals surface area (Å²) in [5.41, 5.74) is 0.246. The molecule has 0 unspecified atom stereocenters. The molecule has 2 aromatic rings. The van der Waals surface area contributed by atoms with Crippen LogP contribution in [0.25, 0.3) is 0 Å². The zero-order chi connectivity index (χ0) is 12.3. The maximum atomic E-state index is 11.7. The van der Waals surface area contributed by atoms with Crippen LogP contribution < -0.4 is 10.6 Å². The number of nitrogens with one attached hydrogen (secondary N) is 2. The number of carbonyl (C=O) groups excluding carboxylic acids is 1. The van der Waals surface area contributed by atoms with Gasteiger partial charge in [-0.15, -0.1) is 10.2 Å². The van der Waals surface area contributed by atoms with Gasteiger partial charge in [-0.2, -0.15) is 0 Å². The molecule has 0 aliphatic heterocycles. The van der Waals surface area contributed by atoms with Gasteiger partial charge in [0.1, 0.15) is 5.82 Å². The SMILES string of the molecule is CNc1ccc(C(=O)Nc2ncc(Br)s2)nn1. The number of halogens is 1. The molecule has 0 fully saturated rings. The van der Waals surface area contributed by atoms with Gasteiger partial charge < -0.3 is 5.32 Å². The third-order valence-corrected chi connectivity index (χ3v) is 3.24. The van der Waals surface area contributed by atoms with Crippen molar-refractivity contribution in [1.29, 1.82) is 0 Å². The van der Waals surface area contributed by atoms with Crippen molar-refractivity contribution in [2.24, 2.45) is 0 Å². The van der Waals surface area contributed by atoms with Crippen molar-refractivity contribution >= 4 is 44.1 Å². The van der Waals surface area contributed by atoms with Crippen LogP contribution in [0, 0.1) is 0 Å². The van der Waals surface area contributed by atoms with Crippen molar-refractivity contribution in [1.82, 2.24) is 15.2 Å². The largest absolute Gasteiger partial charge is 0.372 e. The minimum atomic E-state index is -0.331. The van der Waals surface area contributed by atoms with E-state index in [1.807, 2.05) is 0 Å². The molecule has 6 nitrogen and oxygen atoms in total. The van der Waals surface area contributed by atoms with Crippen molar-refractivity contribution in [2.75, 3.05) is 17.7 Å². The Balaban J connectivity index is 2.09. The molecular formula is C9H8BrN5OS.